The standard InChI is InChI=1S/C9H10F2N2/c10-9(11)5-13(6-9)8-3-1-7(12)2-4-8/h1-4H,5-6,12H2/p+1. The van der Waals surface area contributed by atoms with Crippen molar-refractivity contribution < 1.29 is 14.5 Å². The fourth-order valence-electron chi connectivity index (χ4n) is 1.40. The number of benzene rings is 1. The molecule has 0 saturated carbocycles. The maximum absolute atomic E-state index is 12.5. The minimum atomic E-state index is -2.50. The van der Waals surface area contributed by atoms with Crippen molar-refractivity contribution in [2.75, 3.05) is 18.0 Å². The number of alkyl halides is 2. The molecule has 2 rings (SSSR count). The molecule has 0 unspecified atom stereocenters. The quantitative estimate of drug-likeness (QED) is 0.695. The highest BCUT2D eigenvalue weighted by Crippen LogP contribution is 2.31. The number of quaternary nitrogens is 1. The lowest BCUT2D eigenvalue weighted by molar-refractivity contribution is -0.254. The molecule has 1 saturated heterocycles. The van der Waals surface area contributed by atoms with E-state index in [1.54, 1.807) is 4.90 Å². The minimum absolute atomic E-state index is 0.163. The molecule has 0 bridgehead atoms. The minimum Gasteiger partial charge on any atom is -0.359 e. The maximum atomic E-state index is 12.5. The predicted molar refractivity (Wildman–Crippen MR) is 46.2 cm³/mol. The number of nitrogens with zero attached hydrogens (tertiary/aromatic N) is 1. The van der Waals surface area contributed by atoms with E-state index in [0.717, 1.165) is 11.4 Å². The highest BCUT2D eigenvalue weighted by Gasteiger charge is 2.43. The third-order valence-corrected chi connectivity index (χ3v) is 2.15. The normalized spacial score (nSPS) is 19.8. The van der Waals surface area contributed by atoms with Gasteiger partial charge in [0.05, 0.1) is 13.1 Å². The summed E-state index contributed by atoms with van der Waals surface area (Å²) in [6, 6.07) is 7.28. The van der Waals surface area contributed by atoms with E-state index >= 15 is 0 Å². The second kappa shape index (κ2) is 2.67. The van der Waals surface area contributed by atoms with Crippen LogP contribution in [0.2, 0.25) is 0 Å². The van der Waals surface area contributed by atoms with Gasteiger partial charge in [0.1, 0.15) is 5.69 Å². The molecule has 0 radical (unpaired) electrons. The number of rotatable bonds is 1. The summed E-state index contributed by atoms with van der Waals surface area (Å²) in [5, 5.41) is 0. The van der Waals surface area contributed by atoms with Crippen molar-refractivity contribution in [2.24, 2.45) is 0 Å². The average molecular weight is 185 g/mol. The molecule has 1 aromatic carbocycles. The molecule has 2 nitrogen and oxygen atoms in total. The molecule has 1 fully saturated rings. The van der Waals surface area contributed by atoms with E-state index in [1.807, 2.05) is 24.3 Å². The van der Waals surface area contributed by atoms with Gasteiger partial charge in [0.25, 0.3) is 5.92 Å². The SMILES string of the molecule is [NH3+]c1ccc(N2CC(F)(F)C2)cc1. The molecule has 1 aromatic rings. The second-order valence-electron chi connectivity index (χ2n) is 3.38. The fourth-order valence-corrected chi connectivity index (χ4v) is 1.40. The molecule has 3 N–H and O–H groups in total. The third kappa shape index (κ3) is 1.62. The Hall–Kier alpha value is -1.16. The molecular formula is C9H11F2N2+. The molecule has 0 atom stereocenters. The molecule has 13 heavy (non-hydrogen) atoms. The lowest BCUT2D eigenvalue weighted by atomic mass is 10.1. The van der Waals surface area contributed by atoms with Crippen LogP contribution in [-0.4, -0.2) is 19.0 Å². The lowest BCUT2D eigenvalue weighted by Gasteiger charge is -2.40. The van der Waals surface area contributed by atoms with Crippen LogP contribution < -0.4 is 10.6 Å². The van der Waals surface area contributed by atoms with Gasteiger partial charge in [-0.05, 0) is 12.1 Å². The first-order valence-corrected chi connectivity index (χ1v) is 4.12. The summed E-state index contributed by atoms with van der Waals surface area (Å²) < 4.78 is 25.0. The topological polar surface area (TPSA) is 30.9 Å². The number of hydrogen-bond donors (Lipinski definition) is 1. The Morgan fingerprint density at radius 2 is 1.69 bits per heavy atom. The van der Waals surface area contributed by atoms with E-state index in [4.69, 9.17) is 0 Å². The van der Waals surface area contributed by atoms with Crippen molar-refractivity contribution >= 4 is 11.4 Å². The molecule has 0 aromatic heterocycles. The van der Waals surface area contributed by atoms with Gasteiger partial charge in [0.15, 0.2) is 0 Å². The summed E-state index contributed by atoms with van der Waals surface area (Å²) in [4.78, 5) is 1.65. The Balaban J connectivity index is 2.08. The molecule has 0 spiro atoms. The highest BCUT2D eigenvalue weighted by molar-refractivity contribution is 5.53. The highest BCUT2D eigenvalue weighted by atomic mass is 19.3. The van der Waals surface area contributed by atoms with Crippen LogP contribution in [0.4, 0.5) is 20.2 Å². The Morgan fingerprint density at radius 3 is 2.15 bits per heavy atom. The van der Waals surface area contributed by atoms with Crippen LogP contribution >= 0.6 is 0 Å². The summed E-state index contributed by atoms with van der Waals surface area (Å²) in [6.45, 7) is -0.326. The largest absolute Gasteiger partial charge is 0.359 e. The Bertz CT molecular complexity index is 300. The summed E-state index contributed by atoms with van der Waals surface area (Å²) in [5.41, 5.74) is 5.47. The van der Waals surface area contributed by atoms with Gasteiger partial charge >= 0.3 is 0 Å². The third-order valence-electron chi connectivity index (χ3n) is 2.15. The zero-order chi connectivity index (χ0) is 9.47. The van der Waals surface area contributed by atoms with Gasteiger partial charge < -0.3 is 10.6 Å². The Kier molecular flexibility index (Phi) is 1.73. The smallest absolute Gasteiger partial charge is 0.282 e. The van der Waals surface area contributed by atoms with E-state index in [-0.39, 0.29) is 13.1 Å². The van der Waals surface area contributed by atoms with E-state index in [0.29, 0.717) is 0 Å². The first-order chi connectivity index (χ1) is 6.07. The van der Waals surface area contributed by atoms with Crippen LogP contribution in [0.3, 0.4) is 0 Å². The summed E-state index contributed by atoms with van der Waals surface area (Å²) in [7, 11) is 0. The molecule has 1 aliphatic heterocycles. The van der Waals surface area contributed by atoms with Crippen LogP contribution in [-0.2, 0) is 0 Å². The molecule has 4 heteroatoms. The van der Waals surface area contributed by atoms with Gasteiger partial charge in [-0.2, -0.15) is 0 Å². The Morgan fingerprint density at radius 1 is 1.15 bits per heavy atom. The van der Waals surface area contributed by atoms with Crippen LogP contribution in [0.15, 0.2) is 24.3 Å². The van der Waals surface area contributed by atoms with E-state index < -0.39 is 5.92 Å². The van der Waals surface area contributed by atoms with E-state index in [2.05, 4.69) is 5.73 Å². The van der Waals surface area contributed by atoms with Gasteiger partial charge in [-0.15, -0.1) is 0 Å². The van der Waals surface area contributed by atoms with Gasteiger partial charge in [0, 0.05) is 17.8 Å². The van der Waals surface area contributed by atoms with Crippen molar-refractivity contribution in [3.63, 3.8) is 0 Å². The average Bonchev–Trinajstić information content (AvgIpc) is 2.01. The van der Waals surface area contributed by atoms with Crippen molar-refractivity contribution in [1.82, 2.24) is 0 Å². The summed E-state index contributed by atoms with van der Waals surface area (Å²) in [5.74, 6) is -2.50. The van der Waals surface area contributed by atoms with Crippen LogP contribution in [0.1, 0.15) is 0 Å². The van der Waals surface area contributed by atoms with Crippen molar-refractivity contribution in [1.29, 1.82) is 0 Å². The molecule has 70 valence electrons. The Labute approximate surface area is 75.0 Å². The van der Waals surface area contributed by atoms with Gasteiger partial charge in [-0.25, -0.2) is 8.78 Å². The number of anilines is 1. The van der Waals surface area contributed by atoms with Crippen LogP contribution in [0.25, 0.3) is 0 Å². The van der Waals surface area contributed by atoms with E-state index in [9.17, 15) is 8.78 Å². The summed E-state index contributed by atoms with van der Waals surface area (Å²) in [6.07, 6.45) is 0. The van der Waals surface area contributed by atoms with Crippen molar-refractivity contribution in [2.45, 2.75) is 5.92 Å². The molecular weight excluding hydrogens is 174 g/mol. The summed E-state index contributed by atoms with van der Waals surface area (Å²) >= 11 is 0. The molecule has 0 amide bonds. The van der Waals surface area contributed by atoms with Gasteiger partial charge in [-0.1, -0.05) is 0 Å². The molecule has 1 aliphatic rings. The first kappa shape index (κ1) is 8.44. The first-order valence-electron chi connectivity index (χ1n) is 4.12. The fraction of sp³-hybridized carbons (Fsp3) is 0.333. The molecule has 0 aliphatic carbocycles. The number of halogens is 2. The number of hydrogen-bond acceptors (Lipinski definition) is 1. The van der Waals surface area contributed by atoms with Gasteiger partial charge in [0.2, 0.25) is 0 Å². The van der Waals surface area contributed by atoms with Crippen molar-refractivity contribution in [3.05, 3.63) is 24.3 Å². The zero-order valence-electron chi connectivity index (χ0n) is 7.13. The monoisotopic (exact) mass is 185 g/mol. The predicted octanol–water partition coefficient (Wildman–Crippen LogP) is 1.02. The lowest BCUT2D eigenvalue weighted by Crippen LogP contribution is -2.56. The van der Waals surface area contributed by atoms with Crippen molar-refractivity contribution in [3.8, 4) is 0 Å². The second-order valence-corrected chi connectivity index (χ2v) is 3.38. The van der Waals surface area contributed by atoms with Crippen LogP contribution in [0.5, 0.6) is 0 Å². The van der Waals surface area contributed by atoms with E-state index in [1.165, 1.54) is 0 Å². The van der Waals surface area contributed by atoms with Crippen LogP contribution in [0, 0.1) is 0 Å². The zero-order valence-corrected chi connectivity index (χ0v) is 7.13. The maximum Gasteiger partial charge on any atom is 0.282 e. The molecule has 1 heterocycles. The van der Waals surface area contributed by atoms with Gasteiger partial charge in [-0.3, -0.25) is 0 Å².